The molecule has 4 N–H and O–H groups in total. The van der Waals surface area contributed by atoms with Crippen LogP contribution in [0.15, 0.2) is 0 Å². The van der Waals surface area contributed by atoms with Crippen molar-refractivity contribution >= 4 is 0 Å². The molecule has 0 aliphatic carbocycles. The van der Waals surface area contributed by atoms with Gasteiger partial charge in [0.2, 0.25) is 0 Å². The van der Waals surface area contributed by atoms with Gasteiger partial charge in [-0.1, -0.05) is 6.92 Å². The topological polar surface area (TPSA) is 58.5 Å². The summed E-state index contributed by atoms with van der Waals surface area (Å²) in [6.45, 7) is 4.34. The fourth-order valence-electron chi connectivity index (χ4n) is 1.93. The van der Waals surface area contributed by atoms with Crippen molar-refractivity contribution in [3.63, 3.8) is 0 Å². The molecule has 1 atom stereocenters. The maximum absolute atomic E-state index is 6.21. The van der Waals surface area contributed by atoms with Crippen LogP contribution in [-0.4, -0.2) is 56.7 Å². The van der Waals surface area contributed by atoms with Crippen LogP contribution < -0.4 is 11.5 Å². The molecule has 0 aliphatic rings. The predicted molar refractivity (Wildman–Crippen MR) is 75.8 cm³/mol. The first-order chi connectivity index (χ1) is 7.75. The van der Waals surface area contributed by atoms with Crippen LogP contribution >= 0.6 is 0 Å². The molecular formula is C13H32N4. The lowest BCUT2D eigenvalue weighted by Gasteiger charge is -2.32. The second-order valence-electron chi connectivity index (χ2n) is 5.87. The second-order valence-corrected chi connectivity index (χ2v) is 5.87. The minimum atomic E-state index is -0.512. The van der Waals surface area contributed by atoms with Gasteiger partial charge in [0.15, 0.2) is 0 Å². The number of nitrogens with zero attached hydrogens (tertiary/aromatic N) is 2. The van der Waals surface area contributed by atoms with Gasteiger partial charge in [-0.15, -0.1) is 0 Å². The van der Waals surface area contributed by atoms with E-state index in [1.54, 1.807) is 0 Å². The number of nitrogens with two attached hydrogens (primary N) is 2. The lowest BCUT2D eigenvalue weighted by molar-refractivity contribution is 0.236. The van der Waals surface area contributed by atoms with E-state index in [2.05, 4.69) is 44.9 Å². The fraction of sp³-hybridized carbons (Fsp3) is 1.00. The third kappa shape index (κ3) is 8.55. The Labute approximate surface area is 107 Å². The first-order valence-electron chi connectivity index (χ1n) is 6.63. The summed E-state index contributed by atoms with van der Waals surface area (Å²) in [7, 11) is 8.35. The molecular weight excluding hydrogens is 212 g/mol. The van der Waals surface area contributed by atoms with Gasteiger partial charge < -0.3 is 21.3 Å². The van der Waals surface area contributed by atoms with Gasteiger partial charge in [-0.05, 0) is 72.9 Å². The predicted octanol–water partition coefficient (Wildman–Crippen LogP) is 0.920. The van der Waals surface area contributed by atoms with Crippen molar-refractivity contribution in [2.45, 2.75) is 38.3 Å². The molecule has 0 aromatic carbocycles. The Bertz CT molecular complexity index is 190. The van der Waals surface area contributed by atoms with Gasteiger partial charge in [-0.25, -0.2) is 0 Å². The summed E-state index contributed by atoms with van der Waals surface area (Å²) < 4.78 is 0. The first-order valence-corrected chi connectivity index (χ1v) is 6.63. The molecule has 0 fully saturated rings. The summed E-state index contributed by atoms with van der Waals surface area (Å²) in [5.41, 5.74) is 11.9. The van der Waals surface area contributed by atoms with Crippen LogP contribution in [0.2, 0.25) is 0 Å². The summed E-state index contributed by atoms with van der Waals surface area (Å²) >= 11 is 0. The van der Waals surface area contributed by atoms with Gasteiger partial charge in [-0.3, -0.25) is 0 Å². The van der Waals surface area contributed by atoms with Gasteiger partial charge in [-0.2, -0.15) is 0 Å². The van der Waals surface area contributed by atoms with Crippen molar-refractivity contribution in [3.8, 4) is 0 Å². The van der Waals surface area contributed by atoms with Crippen LogP contribution in [0.3, 0.4) is 0 Å². The van der Waals surface area contributed by atoms with E-state index in [0.29, 0.717) is 5.92 Å². The lowest BCUT2D eigenvalue weighted by Crippen LogP contribution is -2.55. The monoisotopic (exact) mass is 244 g/mol. The lowest BCUT2D eigenvalue weighted by atomic mass is 9.87. The molecule has 0 radical (unpaired) electrons. The summed E-state index contributed by atoms with van der Waals surface area (Å²) in [5.74, 6) is 0.379. The number of rotatable bonds is 9. The molecule has 1 unspecified atom stereocenters. The molecule has 0 rings (SSSR count). The third-order valence-electron chi connectivity index (χ3n) is 3.38. The molecule has 0 saturated carbocycles. The van der Waals surface area contributed by atoms with Crippen molar-refractivity contribution < 1.29 is 0 Å². The minimum Gasteiger partial charge on any atom is -0.313 e. The van der Waals surface area contributed by atoms with Gasteiger partial charge in [0, 0.05) is 0 Å². The molecule has 4 nitrogen and oxygen atoms in total. The Morgan fingerprint density at radius 3 is 1.88 bits per heavy atom. The van der Waals surface area contributed by atoms with E-state index < -0.39 is 5.66 Å². The Hall–Kier alpha value is -0.160. The van der Waals surface area contributed by atoms with E-state index in [0.717, 1.165) is 38.8 Å². The number of hydrogen-bond acceptors (Lipinski definition) is 4. The van der Waals surface area contributed by atoms with Crippen molar-refractivity contribution in [2.75, 3.05) is 41.3 Å². The van der Waals surface area contributed by atoms with E-state index >= 15 is 0 Å². The van der Waals surface area contributed by atoms with Crippen LogP contribution in [0.25, 0.3) is 0 Å². The molecule has 104 valence electrons. The Balaban J connectivity index is 3.85. The SMILES string of the molecule is CC(CCCN(C)C)C(N)(N)CCCN(C)C. The first kappa shape index (κ1) is 16.8. The van der Waals surface area contributed by atoms with Crippen LogP contribution in [0.1, 0.15) is 32.6 Å². The Kier molecular flexibility index (Phi) is 7.96. The van der Waals surface area contributed by atoms with Crippen molar-refractivity contribution in [1.29, 1.82) is 0 Å². The minimum absolute atomic E-state index is 0.379. The van der Waals surface area contributed by atoms with E-state index in [9.17, 15) is 0 Å². The molecule has 0 aromatic heterocycles. The fourth-order valence-corrected chi connectivity index (χ4v) is 1.93. The highest BCUT2D eigenvalue weighted by molar-refractivity contribution is 4.83. The highest BCUT2D eigenvalue weighted by Crippen LogP contribution is 2.19. The van der Waals surface area contributed by atoms with Crippen molar-refractivity contribution in [1.82, 2.24) is 9.80 Å². The van der Waals surface area contributed by atoms with Crippen LogP contribution in [0.4, 0.5) is 0 Å². The summed E-state index contributed by atoms with van der Waals surface area (Å²) in [6, 6.07) is 0. The summed E-state index contributed by atoms with van der Waals surface area (Å²) in [6.07, 6.45) is 4.23. The molecule has 0 aromatic rings. The molecule has 0 spiro atoms. The number of hydrogen-bond donors (Lipinski definition) is 2. The zero-order valence-electron chi connectivity index (χ0n) is 12.4. The molecule has 0 aliphatic heterocycles. The largest absolute Gasteiger partial charge is 0.313 e. The Morgan fingerprint density at radius 1 is 0.941 bits per heavy atom. The van der Waals surface area contributed by atoms with E-state index in [1.165, 1.54) is 0 Å². The average Bonchev–Trinajstić information content (AvgIpc) is 2.15. The van der Waals surface area contributed by atoms with Crippen LogP contribution in [0, 0.1) is 5.92 Å². The van der Waals surface area contributed by atoms with E-state index in [1.807, 2.05) is 0 Å². The quantitative estimate of drug-likeness (QED) is 0.592. The maximum Gasteiger partial charge on any atom is 0.0663 e. The highest BCUT2D eigenvalue weighted by atomic mass is 15.1. The van der Waals surface area contributed by atoms with Gasteiger partial charge in [0.1, 0.15) is 0 Å². The Morgan fingerprint density at radius 2 is 1.41 bits per heavy atom. The average molecular weight is 244 g/mol. The molecule has 0 heterocycles. The highest BCUT2D eigenvalue weighted by Gasteiger charge is 2.26. The molecule has 0 bridgehead atoms. The van der Waals surface area contributed by atoms with Crippen molar-refractivity contribution in [2.24, 2.45) is 17.4 Å². The van der Waals surface area contributed by atoms with E-state index in [-0.39, 0.29) is 0 Å². The molecule has 0 saturated heterocycles. The van der Waals surface area contributed by atoms with Gasteiger partial charge in [0.05, 0.1) is 5.66 Å². The second kappa shape index (κ2) is 8.03. The van der Waals surface area contributed by atoms with Crippen LogP contribution in [-0.2, 0) is 0 Å². The van der Waals surface area contributed by atoms with E-state index in [4.69, 9.17) is 11.5 Å². The summed E-state index contributed by atoms with van der Waals surface area (Å²) in [5, 5.41) is 0. The summed E-state index contributed by atoms with van der Waals surface area (Å²) in [4.78, 5) is 4.38. The zero-order chi connectivity index (χ0) is 13.5. The maximum atomic E-state index is 6.21. The zero-order valence-corrected chi connectivity index (χ0v) is 12.4. The van der Waals surface area contributed by atoms with Gasteiger partial charge in [0.25, 0.3) is 0 Å². The third-order valence-corrected chi connectivity index (χ3v) is 3.38. The molecule has 17 heavy (non-hydrogen) atoms. The molecule has 0 amide bonds. The van der Waals surface area contributed by atoms with Crippen molar-refractivity contribution in [3.05, 3.63) is 0 Å². The van der Waals surface area contributed by atoms with Gasteiger partial charge >= 0.3 is 0 Å². The normalized spacial score (nSPS) is 14.6. The standard InChI is InChI=1S/C13H32N4/c1-12(8-6-10-16(2)3)13(14,15)9-7-11-17(4)5/h12H,6-11,14-15H2,1-5H3. The smallest absolute Gasteiger partial charge is 0.0663 e. The van der Waals surface area contributed by atoms with Crippen LogP contribution in [0.5, 0.6) is 0 Å². The molecule has 4 heteroatoms.